The summed E-state index contributed by atoms with van der Waals surface area (Å²) in [7, 11) is 0. The summed E-state index contributed by atoms with van der Waals surface area (Å²) in [4.78, 5) is 0. The molecule has 3 heteroatoms. The van der Waals surface area contributed by atoms with Gasteiger partial charge in [-0.1, -0.05) is 18.2 Å². The van der Waals surface area contributed by atoms with Crippen molar-refractivity contribution in [3.05, 3.63) is 35.2 Å². The van der Waals surface area contributed by atoms with Crippen molar-refractivity contribution in [3.8, 4) is 0 Å². The molecule has 0 radical (unpaired) electrons. The second-order valence-corrected chi connectivity index (χ2v) is 4.76. The Bertz CT molecular complexity index is 461. The van der Waals surface area contributed by atoms with Crippen LogP contribution in [-0.4, -0.2) is 19.2 Å². The van der Waals surface area contributed by atoms with Gasteiger partial charge in [0.25, 0.3) is 0 Å². The monoisotopic (exact) mass is 219 g/mol. The number of hydrogen-bond donors (Lipinski definition) is 1. The van der Waals surface area contributed by atoms with Crippen LogP contribution in [0.25, 0.3) is 10.1 Å². The Kier molecular flexibility index (Phi) is 2.44. The van der Waals surface area contributed by atoms with Crippen molar-refractivity contribution >= 4 is 21.4 Å². The summed E-state index contributed by atoms with van der Waals surface area (Å²) < 4.78 is 7.12. The Hall–Kier alpha value is -0.900. The van der Waals surface area contributed by atoms with Crippen molar-refractivity contribution in [1.82, 2.24) is 5.32 Å². The van der Waals surface area contributed by atoms with Gasteiger partial charge in [0.05, 0.1) is 12.7 Å². The maximum Gasteiger partial charge on any atom is 0.0828 e. The van der Waals surface area contributed by atoms with Crippen LogP contribution in [0.2, 0.25) is 0 Å². The minimum atomic E-state index is 0.420. The molecular weight excluding hydrogens is 206 g/mol. The predicted molar refractivity (Wildman–Crippen MR) is 63.3 cm³/mol. The van der Waals surface area contributed by atoms with E-state index >= 15 is 0 Å². The van der Waals surface area contributed by atoms with Gasteiger partial charge in [-0.15, -0.1) is 11.3 Å². The zero-order valence-electron chi connectivity index (χ0n) is 8.40. The minimum absolute atomic E-state index is 0.420. The van der Waals surface area contributed by atoms with Crippen molar-refractivity contribution in [2.75, 3.05) is 13.1 Å². The number of fused-ring (bicyclic) bond motifs is 1. The normalized spacial score (nSPS) is 16.8. The molecule has 2 aromatic rings. The molecule has 1 aliphatic rings. The molecule has 15 heavy (non-hydrogen) atoms. The molecule has 2 heterocycles. The molecular formula is C12H13NOS. The van der Waals surface area contributed by atoms with Crippen molar-refractivity contribution in [3.63, 3.8) is 0 Å². The van der Waals surface area contributed by atoms with Crippen molar-refractivity contribution < 1.29 is 4.74 Å². The van der Waals surface area contributed by atoms with Gasteiger partial charge in [0, 0.05) is 17.8 Å². The zero-order chi connectivity index (χ0) is 10.1. The molecule has 0 spiro atoms. The molecule has 0 unspecified atom stereocenters. The van der Waals surface area contributed by atoms with Gasteiger partial charge in [-0.25, -0.2) is 0 Å². The van der Waals surface area contributed by atoms with E-state index < -0.39 is 0 Å². The molecule has 0 aliphatic carbocycles. The summed E-state index contributed by atoms with van der Waals surface area (Å²) in [6.45, 7) is 2.75. The number of thiophene rings is 1. The summed E-state index contributed by atoms with van der Waals surface area (Å²) in [5.41, 5.74) is 1.32. The lowest BCUT2D eigenvalue weighted by Gasteiger charge is -2.26. The maximum atomic E-state index is 5.77. The molecule has 78 valence electrons. The molecule has 0 bridgehead atoms. The first-order chi connectivity index (χ1) is 7.43. The fraction of sp³-hybridized carbons (Fsp3) is 0.333. The lowest BCUT2D eigenvalue weighted by Crippen LogP contribution is -2.48. The van der Waals surface area contributed by atoms with E-state index in [4.69, 9.17) is 4.74 Å². The van der Waals surface area contributed by atoms with Gasteiger partial charge in [0.2, 0.25) is 0 Å². The van der Waals surface area contributed by atoms with E-state index in [0.717, 1.165) is 19.7 Å². The van der Waals surface area contributed by atoms with E-state index in [1.807, 2.05) is 0 Å². The SMILES string of the molecule is c1ccc2c(COC3CNC3)csc2c1. The highest BCUT2D eigenvalue weighted by Crippen LogP contribution is 2.26. The average Bonchev–Trinajstić information content (AvgIpc) is 2.60. The van der Waals surface area contributed by atoms with Gasteiger partial charge in [-0.05, 0) is 22.4 Å². The van der Waals surface area contributed by atoms with Gasteiger partial charge in [0.15, 0.2) is 0 Å². The minimum Gasteiger partial charge on any atom is -0.371 e. The fourth-order valence-electron chi connectivity index (χ4n) is 1.73. The van der Waals surface area contributed by atoms with Crippen molar-refractivity contribution in [2.24, 2.45) is 0 Å². The molecule has 1 N–H and O–H groups in total. The highest BCUT2D eigenvalue weighted by atomic mass is 32.1. The molecule has 0 saturated carbocycles. The van der Waals surface area contributed by atoms with Crippen LogP contribution < -0.4 is 5.32 Å². The third kappa shape index (κ3) is 1.78. The van der Waals surface area contributed by atoms with Gasteiger partial charge >= 0.3 is 0 Å². The summed E-state index contributed by atoms with van der Waals surface area (Å²) in [6.07, 6.45) is 0.420. The molecule has 1 fully saturated rings. The summed E-state index contributed by atoms with van der Waals surface area (Å²) in [6, 6.07) is 8.50. The van der Waals surface area contributed by atoms with Crippen LogP contribution in [0.15, 0.2) is 29.6 Å². The number of hydrogen-bond acceptors (Lipinski definition) is 3. The van der Waals surface area contributed by atoms with Crippen LogP contribution in [0.3, 0.4) is 0 Å². The first-order valence-electron chi connectivity index (χ1n) is 5.21. The van der Waals surface area contributed by atoms with Crippen LogP contribution in [-0.2, 0) is 11.3 Å². The zero-order valence-corrected chi connectivity index (χ0v) is 9.22. The Morgan fingerprint density at radius 3 is 3.00 bits per heavy atom. The number of rotatable bonds is 3. The quantitative estimate of drug-likeness (QED) is 0.856. The third-order valence-corrected chi connectivity index (χ3v) is 3.79. The van der Waals surface area contributed by atoms with Crippen molar-refractivity contribution in [2.45, 2.75) is 12.7 Å². The van der Waals surface area contributed by atoms with Crippen LogP contribution in [0.1, 0.15) is 5.56 Å². The largest absolute Gasteiger partial charge is 0.371 e. The van der Waals surface area contributed by atoms with E-state index in [0.29, 0.717) is 6.10 Å². The predicted octanol–water partition coefficient (Wildman–Crippen LogP) is 2.39. The average molecular weight is 219 g/mol. The second kappa shape index (κ2) is 3.93. The van der Waals surface area contributed by atoms with E-state index in [9.17, 15) is 0 Å². The van der Waals surface area contributed by atoms with E-state index in [1.54, 1.807) is 11.3 Å². The molecule has 1 aromatic heterocycles. The summed E-state index contributed by atoms with van der Waals surface area (Å²) in [5, 5.41) is 6.75. The first-order valence-corrected chi connectivity index (χ1v) is 6.09. The number of nitrogens with one attached hydrogen (secondary N) is 1. The lowest BCUT2D eigenvalue weighted by atomic mass is 10.2. The molecule has 1 saturated heterocycles. The standard InChI is InChI=1S/C12H13NOS/c1-2-4-12-11(3-1)9(8-15-12)7-14-10-5-13-6-10/h1-4,8,10,13H,5-7H2. The Balaban J connectivity index is 1.78. The molecule has 2 nitrogen and oxygen atoms in total. The highest BCUT2D eigenvalue weighted by Gasteiger charge is 2.17. The van der Waals surface area contributed by atoms with Gasteiger partial charge in [-0.2, -0.15) is 0 Å². The van der Waals surface area contributed by atoms with Gasteiger partial charge in [-0.3, -0.25) is 0 Å². The number of benzene rings is 1. The second-order valence-electron chi connectivity index (χ2n) is 3.85. The summed E-state index contributed by atoms with van der Waals surface area (Å²) in [5.74, 6) is 0. The maximum absolute atomic E-state index is 5.77. The highest BCUT2D eigenvalue weighted by molar-refractivity contribution is 7.17. The summed E-state index contributed by atoms with van der Waals surface area (Å²) >= 11 is 1.80. The molecule has 1 aliphatic heterocycles. The van der Waals surface area contributed by atoms with E-state index in [1.165, 1.54) is 15.6 Å². The fourth-order valence-corrected chi connectivity index (χ4v) is 2.68. The van der Waals surface area contributed by atoms with Crippen LogP contribution in [0.5, 0.6) is 0 Å². The van der Waals surface area contributed by atoms with Crippen LogP contribution in [0.4, 0.5) is 0 Å². The van der Waals surface area contributed by atoms with Gasteiger partial charge < -0.3 is 10.1 Å². The van der Waals surface area contributed by atoms with E-state index in [2.05, 4.69) is 35.0 Å². The lowest BCUT2D eigenvalue weighted by molar-refractivity contribution is 0.00823. The number of ether oxygens (including phenoxy) is 1. The molecule has 3 rings (SSSR count). The Labute approximate surface area is 92.9 Å². The molecule has 0 amide bonds. The van der Waals surface area contributed by atoms with Crippen LogP contribution in [0, 0.1) is 0 Å². The topological polar surface area (TPSA) is 21.3 Å². The molecule has 0 atom stereocenters. The smallest absolute Gasteiger partial charge is 0.0828 e. The van der Waals surface area contributed by atoms with E-state index in [-0.39, 0.29) is 0 Å². The van der Waals surface area contributed by atoms with Crippen molar-refractivity contribution in [1.29, 1.82) is 0 Å². The third-order valence-electron chi connectivity index (χ3n) is 2.78. The Morgan fingerprint density at radius 1 is 1.33 bits per heavy atom. The van der Waals surface area contributed by atoms with Gasteiger partial charge in [0.1, 0.15) is 0 Å². The molecule has 1 aromatic carbocycles. The van der Waals surface area contributed by atoms with Crippen LogP contribution >= 0.6 is 11.3 Å². The first kappa shape index (κ1) is 9.33. The Morgan fingerprint density at radius 2 is 2.20 bits per heavy atom.